The molecule has 2 aromatic carbocycles. The molecule has 0 saturated heterocycles. The number of carbonyl (C=O) groups excluding carboxylic acids is 1. The number of carbonyl (C=O) groups is 1. The van der Waals surface area contributed by atoms with Crippen LogP contribution in [-0.4, -0.2) is 24.0 Å². The van der Waals surface area contributed by atoms with Crippen LogP contribution < -0.4 is 4.74 Å². The predicted octanol–water partition coefficient (Wildman–Crippen LogP) is 4.53. The largest absolute Gasteiger partial charge is 0.573 e. The molecule has 0 fully saturated rings. The van der Waals surface area contributed by atoms with Crippen molar-refractivity contribution >= 4 is 12.0 Å². The number of hydrogen-bond acceptors (Lipinski definition) is 4. The minimum atomic E-state index is -4.74. The standard InChI is InChI=1S/C18H15F3O4/c1-2-24-17(23)10-6-14-11-13(5-9-16(14)22)12-3-7-15(8-4-12)25-18(19,20)21/h3-11,22H,2H2,1H3/b10-6+. The first kappa shape index (κ1) is 18.4. The molecule has 2 rings (SSSR count). The topological polar surface area (TPSA) is 55.8 Å². The van der Waals surface area contributed by atoms with E-state index in [1.54, 1.807) is 19.1 Å². The third-order valence-corrected chi connectivity index (χ3v) is 3.13. The average Bonchev–Trinajstić information content (AvgIpc) is 2.54. The van der Waals surface area contributed by atoms with Crippen LogP contribution in [0.3, 0.4) is 0 Å². The van der Waals surface area contributed by atoms with Gasteiger partial charge in [-0.1, -0.05) is 18.2 Å². The first-order chi connectivity index (χ1) is 11.8. The molecule has 0 amide bonds. The summed E-state index contributed by atoms with van der Waals surface area (Å²) >= 11 is 0. The van der Waals surface area contributed by atoms with Gasteiger partial charge in [0.15, 0.2) is 0 Å². The Bertz CT molecular complexity index is 765. The second kappa shape index (κ2) is 7.74. The molecule has 25 heavy (non-hydrogen) atoms. The molecule has 0 radical (unpaired) electrons. The fourth-order valence-electron chi connectivity index (χ4n) is 2.06. The van der Waals surface area contributed by atoms with Crippen molar-refractivity contribution < 1.29 is 32.5 Å². The normalized spacial score (nSPS) is 11.5. The van der Waals surface area contributed by atoms with Crippen molar-refractivity contribution in [2.75, 3.05) is 6.61 Å². The lowest BCUT2D eigenvalue weighted by Gasteiger charge is -2.10. The summed E-state index contributed by atoms with van der Waals surface area (Å²) in [6.07, 6.45) is -2.16. The first-order valence-corrected chi connectivity index (χ1v) is 7.32. The molecule has 0 unspecified atom stereocenters. The zero-order valence-electron chi connectivity index (χ0n) is 13.2. The minimum Gasteiger partial charge on any atom is -0.507 e. The molecular weight excluding hydrogens is 337 g/mol. The molecule has 0 saturated carbocycles. The Morgan fingerprint density at radius 1 is 1.12 bits per heavy atom. The second-order valence-electron chi connectivity index (χ2n) is 4.93. The summed E-state index contributed by atoms with van der Waals surface area (Å²) in [6, 6.07) is 9.97. The highest BCUT2D eigenvalue weighted by Crippen LogP contribution is 2.29. The van der Waals surface area contributed by atoms with E-state index in [1.165, 1.54) is 42.5 Å². The van der Waals surface area contributed by atoms with Crippen LogP contribution in [0.15, 0.2) is 48.5 Å². The molecule has 0 atom stereocenters. The van der Waals surface area contributed by atoms with Gasteiger partial charge >= 0.3 is 12.3 Å². The molecule has 0 aliphatic heterocycles. The summed E-state index contributed by atoms with van der Waals surface area (Å²) in [5, 5.41) is 9.85. The number of hydrogen-bond donors (Lipinski definition) is 1. The number of alkyl halides is 3. The van der Waals surface area contributed by atoms with Crippen LogP contribution in [0, 0.1) is 0 Å². The lowest BCUT2D eigenvalue weighted by atomic mass is 10.0. The van der Waals surface area contributed by atoms with Gasteiger partial charge in [-0.15, -0.1) is 13.2 Å². The number of halogens is 3. The molecular formula is C18H15F3O4. The summed E-state index contributed by atoms with van der Waals surface area (Å²) in [4.78, 5) is 11.3. The average molecular weight is 352 g/mol. The zero-order chi connectivity index (χ0) is 18.4. The van der Waals surface area contributed by atoms with Gasteiger partial charge in [0, 0.05) is 11.6 Å². The highest BCUT2D eigenvalue weighted by Gasteiger charge is 2.30. The van der Waals surface area contributed by atoms with Crippen molar-refractivity contribution in [2.24, 2.45) is 0 Å². The molecule has 4 nitrogen and oxygen atoms in total. The zero-order valence-corrected chi connectivity index (χ0v) is 13.2. The molecule has 0 bridgehead atoms. The van der Waals surface area contributed by atoms with E-state index in [1.807, 2.05) is 0 Å². The highest BCUT2D eigenvalue weighted by molar-refractivity contribution is 5.88. The van der Waals surface area contributed by atoms with Crippen molar-refractivity contribution in [1.29, 1.82) is 0 Å². The van der Waals surface area contributed by atoms with Gasteiger partial charge in [0.2, 0.25) is 0 Å². The fraction of sp³-hybridized carbons (Fsp3) is 0.167. The minimum absolute atomic E-state index is 0.0404. The maximum atomic E-state index is 12.2. The summed E-state index contributed by atoms with van der Waals surface area (Å²) in [6.45, 7) is 1.91. The van der Waals surface area contributed by atoms with Gasteiger partial charge in [0.05, 0.1) is 6.61 Å². The lowest BCUT2D eigenvalue weighted by Crippen LogP contribution is -2.16. The highest BCUT2D eigenvalue weighted by atomic mass is 19.4. The summed E-state index contributed by atoms with van der Waals surface area (Å²) < 4.78 is 45.1. The summed E-state index contributed by atoms with van der Waals surface area (Å²) in [5.74, 6) is -0.903. The van der Waals surface area contributed by atoms with Crippen LogP contribution >= 0.6 is 0 Å². The number of rotatable bonds is 5. The van der Waals surface area contributed by atoms with Gasteiger partial charge in [-0.05, 0) is 48.4 Å². The molecule has 132 valence electrons. The molecule has 0 aliphatic rings. The number of aromatic hydroxyl groups is 1. The van der Waals surface area contributed by atoms with E-state index in [0.717, 1.165) is 0 Å². The monoisotopic (exact) mass is 352 g/mol. The van der Waals surface area contributed by atoms with Gasteiger partial charge in [0.25, 0.3) is 0 Å². The third kappa shape index (κ3) is 5.56. The Hall–Kier alpha value is -2.96. The van der Waals surface area contributed by atoms with Crippen molar-refractivity contribution in [1.82, 2.24) is 0 Å². The van der Waals surface area contributed by atoms with E-state index >= 15 is 0 Å². The Morgan fingerprint density at radius 3 is 2.36 bits per heavy atom. The van der Waals surface area contributed by atoms with Crippen molar-refractivity contribution in [3.63, 3.8) is 0 Å². The van der Waals surface area contributed by atoms with E-state index < -0.39 is 12.3 Å². The van der Waals surface area contributed by atoms with Gasteiger partial charge in [0.1, 0.15) is 11.5 Å². The van der Waals surface area contributed by atoms with E-state index in [-0.39, 0.29) is 18.1 Å². The smallest absolute Gasteiger partial charge is 0.507 e. The van der Waals surface area contributed by atoms with Crippen LogP contribution in [0.1, 0.15) is 12.5 Å². The van der Waals surface area contributed by atoms with Gasteiger partial charge in [-0.2, -0.15) is 0 Å². The predicted molar refractivity (Wildman–Crippen MR) is 85.9 cm³/mol. The molecule has 7 heteroatoms. The summed E-state index contributed by atoms with van der Waals surface area (Å²) in [5.41, 5.74) is 1.65. The number of phenolic OH excluding ortho intramolecular Hbond substituents is 1. The Balaban J connectivity index is 2.22. The van der Waals surface area contributed by atoms with Gasteiger partial charge in [-0.25, -0.2) is 4.79 Å². The van der Waals surface area contributed by atoms with Crippen LogP contribution in [0.5, 0.6) is 11.5 Å². The number of esters is 1. The molecule has 2 aromatic rings. The van der Waals surface area contributed by atoms with E-state index in [9.17, 15) is 23.1 Å². The van der Waals surface area contributed by atoms with Gasteiger partial charge in [-0.3, -0.25) is 0 Å². The molecule has 0 aromatic heterocycles. The van der Waals surface area contributed by atoms with Crippen molar-refractivity contribution in [3.05, 3.63) is 54.1 Å². The fourth-order valence-corrected chi connectivity index (χ4v) is 2.06. The molecule has 0 spiro atoms. The lowest BCUT2D eigenvalue weighted by molar-refractivity contribution is -0.274. The van der Waals surface area contributed by atoms with Crippen LogP contribution in [0.25, 0.3) is 17.2 Å². The van der Waals surface area contributed by atoms with Gasteiger partial charge < -0.3 is 14.6 Å². The molecule has 1 N–H and O–H groups in total. The maximum absolute atomic E-state index is 12.2. The summed E-state index contributed by atoms with van der Waals surface area (Å²) in [7, 11) is 0. The van der Waals surface area contributed by atoms with E-state index in [0.29, 0.717) is 16.7 Å². The van der Waals surface area contributed by atoms with Crippen molar-refractivity contribution in [2.45, 2.75) is 13.3 Å². The first-order valence-electron chi connectivity index (χ1n) is 7.32. The van der Waals surface area contributed by atoms with Crippen LogP contribution in [-0.2, 0) is 9.53 Å². The number of benzene rings is 2. The van der Waals surface area contributed by atoms with Crippen molar-refractivity contribution in [3.8, 4) is 22.6 Å². The van der Waals surface area contributed by atoms with Crippen LogP contribution in [0.4, 0.5) is 13.2 Å². The van der Waals surface area contributed by atoms with E-state index in [2.05, 4.69) is 4.74 Å². The maximum Gasteiger partial charge on any atom is 0.573 e. The molecule has 0 heterocycles. The third-order valence-electron chi connectivity index (χ3n) is 3.13. The quantitative estimate of drug-likeness (QED) is 0.634. The molecule has 0 aliphatic carbocycles. The second-order valence-corrected chi connectivity index (χ2v) is 4.93. The Labute approximate surface area is 142 Å². The SMILES string of the molecule is CCOC(=O)/C=C/c1cc(-c2ccc(OC(F)(F)F)cc2)ccc1O. The Morgan fingerprint density at radius 2 is 1.76 bits per heavy atom. The van der Waals surface area contributed by atoms with Crippen LogP contribution in [0.2, 0.25) is 0 Å². The Kier molecular flexibility index (Phi) is 5.69. The van der Waals surface area contributed by atoms with E-state index in [4.69, 9.17) is 4.74 Å². The number of ether oxygens (including phenoxy) is 2. The number of phenols is 1.